The Morgan fingerprint density at radius 1 is 0.267 bits per heavy atom. The van der Waals surface area contributed by atoms with Gasteiger partial charge in [0.15, 0.2) is 17.5 Å². The van der Waals surface area contributed by atoms with E-state index in [1.807, 2.05) is 6.07 Å². The van der Waals surface area contributed by atoms with Crippen LogP contribution in [0.15, 0.2) is 253 Å². The monoisotopic (exact) mass is 955 g/mol. The molecule has 0 aliphatic rings. The quantitative estimate of drug-likeness (QED) is 0.167. The van der Waals surface area contributed by atoms with Gasteiger partial charge in [0.1, 0.15) is 11.2 Å². The number of rotatable bonds is 6. The van der Waals surface area contributed by atoms with E-state index in [-0.39, 0.29) is 0 Å². The first-order chi connectivity index (χ1) is 37.1. The molecule has 348 valence electrons. The van der Waals surface area contributed by atoms with E-state index < -0.39 is 0 Å². The van der Waals surface area contributed by atoms with Crippen LogP contribution >= 0.6 is 0 Å². The smallest absolute Gasteiger partial charge is 0.164 e. The summed E-state index contributed by atoms with van der Waals surface area (Å²) in [6.07, 6.45) is 0. The number of benzene rings is 12. The van der Waals surface area contributed by atoms with Gasteiger partial charge in [-0.15, -0.1) is 0 Å². The number of furan rings is 1. The molecule has 0 fully saturated rings. The molecule has 0 bridgehead atoms. The Hall–Kier alpha value is -10.2. The first kappa shape index (κ1) is 41.4. The number of hydrogen-bond acceptors (Lipinski definition) is 4. The van der Waals surface area contributed by atoms with E-state index in [1.54, 1.807) is 0 Å². The molecule has 4 heterocycles. The second kappa shape index (κ2) is 16.2. The Balaban J connectivity index is 0.896. The SMILES string of the molecule is c1ccc(-c2ccc(-c3nc(-c4ccc5oc6cc(-n7c8cc9ccccc9cc8c8cc9ccccc9cc87)c7ccccc7c6c5c4)nc(-c4ccc5c(c4)c4ccccc4n5-c4ccccc4)n3)cc2)cc1. The van der Waals surface area contributed by atoms with Gasteiger partial charge in [0.25, 0.3) is 0 Å². The van der Waals surface area contributed by atoms with Crippen molar-refractivity contribution in [2.45, 2.75) is 0 Å². The molecule has 0 radical (unpaired) electrons. The highest BCUT2D eigenvalue weighted by Crippen LogP contribution is 2.44. The third-order valence-corrected chi connectivity index (χ3v) is 15.3. The van der Waals surface area contributed by atoms with Gasteiger partial charge >= 0.3 is 0 Å². The molecular formula is C69H41N5O. The van der Waals surface area contributed by atoms with Crippen molar-refractivity contribution >= 4 is 97.9 Å². The second-order valence-corrected chi connectivity index (χ2v) is 19.6. The fourth-order valence-corrected chi connectivity index (χ4v) is 11.8. The Kier molecular flexibility index (Phi) is 8.94. The third kappa shape index (κ3) is 6.50. The van der Waals surface area contributed by atoms with Gasteiger partial charge < -0.3 is 13.6 Å². The maximum Gasteiger partial charge on any atom is 0.164 e. The molecule has 0 saturated heterocycles. The molecule has 0 saturated carbocycles. The number of para-hydroxylation sites is 2. The van der Waals surface area contributed by atoms with Crippen molar-refractivity contribution in [2.75, 3.05) is 0 Å². The topological polar surface area (TPSA) is 61.7 Å². The van der Waals surface area contributed by atoms with Gasteiger partial charge in [-0.3, -0.25) is 0 Å². The fourth-order valence-electron chi connectivity index (χ4n) is 11.8. The van der Waals surface area contributed by atoms with Crippen LogP contribution in [-0.2, 0) is 0 Å². The molecule has 0 amide bonds. The number of aromatic nitrogens is 5. The zero-order valence-corrected chi connectivity index (χ0v) is 40.3. The van der Waals surface area contributed by atoms with Gasteiger partial charge in [-0.25, -0.2) is 15.0 Å². The van der Waals surface area contributed by atoms with E-state index in [2.05, 4.69) is 252 Å². The van der Waals surface area contributed by atoms with E-state index in [9.17, 15) is 0 Å². The van der Waals surface area contributed by atoms with Gasteiger partial charge in [0.05, 0.1) is 27.8 Å². The predicted octanol–water partition coefficient (Wildman–Crippen LogP) is 18.1. The number of hydrogen-bond donors (Lipinski definition) is 0. The molecule has 0 spiro atoms. The summed E-state index contributed by atoms with van der Waals surface area (Å²) in [6.45, 7) is 0. The zero-order valence-electron chi connectivity index (χ0n) is 40.3. The third-order valence-electron chi connectivity index (χ3n) is 15.3. The first-order valence-corrected chi connectivity index (χ1v) is 25.4. The normalized spacial score (nSPS) is 12.0. The van der Waals surface area contributed by atoms with Gasteiger partial charge in [0, 0.05) is 66.1 Å². The molecule has 6 nitrogen and oxygen atoms in total. The van der Waals surface area contributed by atoms with Gasteiger partial charge in [0.2, 0.25) is 0 Å². The summed E-state index contributed by atoms with van der Waals surface area (Å²) in [5, 5.41) is 13.8. The predicted molar refractivity (Wildman–Crippen MR) is 310 cm³/mol. The average molecular weight is 956 g/mol. The van der Waals surface area contributed by atoms with E-state index in [0.717, 1.165) is 105 Å². The first-order valence-electron chi connectivity index (χ1n) is 25.4. The summed E-state index contributed by atoms with van der Waals surface area (Å²) in [6, 6.07) is 88.7. The zero-order chi connectivity index (χ0) is 49.1. The minimum absolute atomic E-state index is 0.579. The van der Waals surface area contributed by atoms with Gasteiger partial charge in [-0.2, -0.15) is 0 Å². The Morgan fingerprint density at radius 3 is 1.40 bits per heavy atom. The lowest BCUT2D eigenvalue weighted by Crippen LogP contribution is -2.00. The average Bonchev–Trinajstić information content (AvgIpc) is 4.19. The van der Waals surface area contributed by atoms with Crippen LogP contribution in [0.4, 0.5) is 0 Å². The Bertz CT molecular complexity index is 4900. The maximum absolute atomic E-state index is 6.93. The molecule has 12 aromatic carbocycles. The van der Waals surface area contributed by atoms with Crippen molar-refractivity contribution in [3.63, 3.8) is 0 Å². The Morgan fingerprint density at radius 2 is 0.733 bits per heavy atom. The summed E-state index contributed by atoms with van der Waals surface area (Å²) in [4.78, 5) is 15.9. The van der Waals surface area contributed by atoms with Crippen molar-refractivity contribution in [1.29, 1.82) is 0 Å². The van der Waals surface area contributed by atoms with Gasteiger partial charge in [-0.1, -0.05) is 164 Å². The van der Waals surface area contributed by atoms with Crippen molar-refractivity contribution < 1.29 is 4.42 Å². The van der Waals surface area contributed by atoms with Crippen LogP contribution < -0.4 is 0 Å². The molecule has 0 atom stereocenters. The van der Waals surface area contributed by atoms with Crippen LogP contribution in [0.5, 0.6) is 0 Å². The lowest BCUT2D eigenvalue weighted by atomic mass is 10.0. The highest BCUT2D eigenvalue weighted by atomic mass is 16.3. The van der Waals surface area contributed by atoms with E-state index >= 15 is 0 Å². The van der Waals surface area contributed by atoms with Crippen molar-refractivity contribution in [3.05, 3.63) is 249 Å². The highest BCUT2D eigenvalue weighted by molar-refractivity contribution is 6.23. The van der Waals surface area contributed by atoms with Crippen LogP contribution in [0.2, 0.25) is 0 Å². The molecular weight excluding hydrogens is 915 g/mol. The molecule has 16 aromatic rings. The molecule has 0 N–H and O–H groups in total. The van der Waals surface area contributed by atoms with Gasteiger partial charge in [-0.05, 0) is 117 Å². The minimum Gasteiger partial charge on any atom is -0.456 e. The molecule has 6 heteroatoms. The van der Waals surface area contributed by atoms with E-state index in [1.165, 1.54) is 32.3 Å². The minimum atomic E-state index is 0.579. The van der Waals surface area contributed by atoms with E-state index in [4.69, 9.17) is 19.4 Å². The Labute approximate surface area is 429 Å². The van der Waals surface area contributed by atoms with Crippen LogP contribution in [-0.4, -0.2) is 24.1 Å². The summed E-state index contributed by atoms with van der Waals surface area (Å²) in [5.74, 6) is 1.77. The lowest BCUT2D eigenvalue weighted by Gasteiger charge is -2.13. The molecule has 16 rings (SSSR count). The molecule has 0 unspecified atom stereocenters. The van der Waals surface area contributed by atoms with E-state index in [0.29, 0.717) is 17.5 Å². The number of nitrogens with zero attached hydrogens (tertiary/aromatic N) is 5. The lowest BCUT2D eigenvalue weighted by molar-refractivity contribution is 0.669. The summed E-state index contributed by atoms with van der Waals surface area (Å²) in [7, 11) is 0. The molecule has 4 aromatic heterocycles. The van der Waals surface area contributed by atoms with Crippen LogP contribution in [0.1, 0.15) is 0 Å². The molecule has 0 aliphatic carbocycles. The fraction of sp³-hybridized carbons (Fsp3) is 0. The van der Waals surface area contributed by atoms with Crippen molar-refractivity contribution in [2.24, 2.45) is 0 Å². The summed E-state index contributed by atoms with van der Waals surface area (Å²) in [5.41, 5.74) is 13.3. The standard InChI is InChI=1S/C69H41N5O/c1-3-15-42(16-4-1)43-27-29-44(30-28-43)67-70-68(49-31-33-60-55(37-49)53-24-13-14-26-59(53)73(60)51-21-5-2-6-22-51)72-69(71-67)50-32-34-64-58(38-50)66-54-25-12-11-23-52(54)63(41-65(66)75-64)74-61-39-47-19-9-7-17-45(47)35-56(61)57-36-46-18-8-10-20-48(46)40-62(57)74/h1-41H. The molecule has 0 aliphatic heterocycles. The van der Waals surface area contributed by atoms with Crippen LogP contribution in [0.25, 0.3) is 155 Å². The second-order valence-electron chi connectivity index (χ2n) is 19.6. The summed E-state index contributed by atoms with van der Waals surface area (Å²) < 4.78 is 11.7. The summed E-state index contributed by atoms with van der Waals surface area (Å²) >= 11 is 0. The van der Waals surface area contributed by atoms with Crippen molar-refractivity contribution in [1.82, 2.24) is 24.1 Å². The number of fused-ring (bicyclic) bond motifs is 13. The van der Waals surface area contributed by atoms with Crippen LogP contribution in [0, 0.1) is 0 Å². The largest absolute Gasteiger partial charge is 0.456 e. The highest BCUT2D eigenvalue weighted by Gasteiger charge is 2.22. The maximum atomic E-state index is 6.93. The molecule has 75 heavy (non-hydrogen) atoms. The van der Waals surface area contributed by atoms with Crippen molar-refractivity contribution in [3.8, 4) is 56.7 Å². The van der Waals surface area contributed by atoms with Crippen LogP contribution in [0.3, 0.4) is 0 Å².